The monoisotopic (exact) mass is 435 g/mol. The Balaban J connectivity index is 1.90. The minimum atomic E-state index is -2.78. The Morgan fingerprint density at radius 2 is 2.07 bits per heavy atom. The third-order valence-corrected chi connectivity index (χ3v) is 5.54. The first-order valence-electron chi connectivity index (χ1n) is 8.77. The van der Waals surface area contributed by atoms with Gasteiger partial charge in [-0.05, 0) is 35.7 Å². The van der Waals surface area contributed by atoms with Gasteiger partial charge in [0.1, 0.15) is 5.75 Å². The van der Waals surface area contributed by atoms with Gasteiger partial charge in [-0.2, -0.15) is 5.10 Å². The second kappa shape index (κ2) is 6.87. The van der Waals surface area contributed by atoms with Crippen LogP contribution in [0.5, 0.6) is 5.75 Å². The van der Waals surface area contributed by atoms with Crippen LogP contribution in [0.25, 0.3) is 10.9 Å². The highest BCUT2D eigenvalue weighted by Crippen LogP contribution is 2.42. The number of fused-ring (bicyclic) bond motifs is 3. The van der Waals surface area contributed by atoms with Gasteiger partial charge in [0.25, 0.3) is 5.92 Å². The summed E-state index contributed by atoms with van der Waals surface area (Å²) in [7, 11) is 1.60. The Morgan fingerprint density at radius 1 is 1.30 bits per heavy atom. The number of ether oxygens (including phenoxy) is 1. The van der Waals surface area contributed by atoms with Crippen LogP contribution in [0.15, 0.2) is 41.0 Å². The SMILES string of the molecule is COc1cc(Br)ccc1C1c2ccc3[nH]ncc3c2CCN1CC(C)(F)F. The van der Waals surface area contributed by atoms with Crippen molar-refractivity contribution in [2.24, 2.45) is 0 Å². The van der Waals surface area contributed by atoms with Crippen molar-refractivity contribution < 1.29 is 13.5 Å². The first-order chi connectivity index (χ1) is 12.9. The summed E-state index contributed by atoms with van der Waals surface area (Å²) >= 11 is 3.46. The number of hydrogen-bond donors (Lipinski definition) is 1. The first kappa shape index (κ1) is 18.4. The van der Waals surface area contributed by atoms with Crippen molar-refractivity contribution in [3.05, 3.63) is 57.7 Å². The Hall–Kier alpha value is -1.99. The number of methoxy groups -OCH3 is 1. The maximum atomic E-state index is 13.9. The molecule has 0 amide bonds. The third kappa shape index (κ3) is 3.46. The molecule has 0 spiro atoms. The number of H-pyrrole nitrogens is 1. The molecular formula is C20H20BrF2N3O. The number of hydrogen-bond acceptors (Lipinski definition) is 3. The number of nitrogens with zero attached hydrogens (tertiary/aromatic N) is 2. The largest absolute Gasteiger partial charge is 0.496 e. The van der Waals surface area contributed by atoms with Crippen LogP contribution in [0.4, 0.5) is 8.78 Å². The lowest BCUT2D eigenvalue weighted by Crippen LogP contribution is -2.42. The molecule has 0 saturated carbocycles. The topological polar surface area (TPSA) is 41.1 Å². The van der Waals surface area contributed by atoms with Crippen LogP contribution in [-0.4, -0.2) is 41.2 Å². The molecule has 1 aliphatic heterocycles. The summed E-state index contributed by atoms with van der Waals surface area (Å²) in [5.41, 5.74) is 4.03. The van der Waals surface area contributed by atoms with Crippen molar-refractivity contribution in [2.45, 2.75) is 25.3 Å². The van der Waals surface area contributed by atoms with Gasteiger partial charge in [0.2, 0.25) is 0 Å². The highest BCUT2D eigenvalue weighted by Gasteiger charge is 2.36. The van der Waals surface area contributed by atoms with Crippen molar-refractivity contribution in [2.75, 3.05) is 20.2 Å². The molecule has 2 aromatic carbocycles. The molecule has 0 aliphatic carbocycles. The van der Waals surface area contributed by atoms with Crippen molar-refractivity contribution in [3.63, 3.8) is 0 Å². The number of benzene rings is 2. The Kier molecular flexibility index (Phi) is 4.68. The van der Waals surface area contributed by atoms with Gasteiger partial charge in [0.05, 0.1) is 31.4 Å². The van der Waals surface area contributed by atoms with Crippen LogP contribution >= 0.6 is 15.9 Å². The van der Waals surface area contributed by atoms with E-state index < -0.39 is 5.92 Å². The number of halogens is 3. The van der Waals surface area contributed by atoms with Gasteiger partial charge in [0.15, 0.2) is 0 Å². The lowest BCUT2D eigenvalue weighted by molar-refractivity contribution is -0.0239. The molecule has 4 nitrogen and oxygen atoms in total. The second-order valence-corrected chi connectivity index (χ2v) is 7.96. The van der Waals surface area contributed by atoms with E-state index in [0.29, 0.717) is 18.7 Å². The normalized spacial score (nSPS) is 17.9. The molecule has 3 aromatic rings. The zero-order valence-electron chi connectivity index (χ0n) is 15.1. The zero-order chi connectivity index (χ0) is 19.2. The van der Waals surface area contributed by atoms with Gasteiger partial charge >= 0.3 is 0 Å². The van der Waals surface area contributed by atoms with E-state index in [2.05, 4.69) is 26.1 Å². The molecule has 1 aromatic heterocycles. The highest BCUT2D eigenvalue weighted by molar-refractivity contribution is 9.10. The Labute approximate surface area is 164 Å². The quantitative estimate of drug-likeness (QED) is 0.630. The predicted molar refractivity (Wildman–Crippen MR) is 105 cm³/mol. The fourth-order valence-electron chi connectivity index (χ4n) is 4.01. The molecule has 4 rings (SSSR count). The maximum absolute atomic E-state index is 13.9. The molecule has 7 heteroatoms. The van der Waals surface area contributed by atoms with E-state index in [1.54, 1.807) is 7.11 Å². The van der Waals surface area contributed by atoms with Crippen LogP contribution in [0.2, 0.25) is 0 Å². The Morgan fingerprint density at radius 3 is 2.81 bits per heavy atom. The Bertz CT molecular complexity index is 983. The van der Waals surface area contributed by atoms with E-state index >= 15 is 0 Å². The summed E-state index contributed by atoms with van der Waals surface area (Å²) in [6.45, 7) is 1.21. The minimum Gasteiger partial charge on any atom is -0.496 e. The highest BCUT2D eigenvalue weighted by atomic mass is 79.9. The van der Waals surface area contributed by atoms with Gasteiger partial charge in [-0.3, -0.25) is 10.00 Å². The summed E-state index contributed by atoms with van der Waals surface area (Å²) in [4.78, 5) is 1.85. The molecule has 0 fully saturated rings. The number of rotatable bonds is 4. The smallest absolute Gasteiger partial charge is 0.257 e. The molecule has 0 bridgehead atoms. The van der Waals surface area contributed by atoms with Gasteiger partial charge < -0.3 is 4.74 Å². The standard InChI is InChI=1S/C20H20BrF2N3O/c1-20(22,23)11-26-8-7-13-14(5-6-17-16(13)10-24-25-17)19(26)15-4-3-12(21)9-18(15)27-2/h3-6,9-10,19H,7-8,11H2,1-2H3,(H,24,25). The molecule has 142 valence electrons. The molecule has 27 heavy (non-hydrogen) atoms. The average Bonchev–Trinajstić information content (AvgIpc) is 3.09. The van der Waals surface area contributed by atoms with Crippen LogP contribution < -0.4 is 4.74 Å². The van der Waals surface area contributed by atoms with E-state index in [-0.39, 0.29) is 12.6 Å². The summed E-state index contributed by atoms with van der Waals surface area (Å²) in [5, 5.41) is 8.18. The number of aromatic nitrogens is 2. The number of nitrogens with one attached hydrogen (secondary N) is 1. The van der Waals surface area contributed by atoms with Gasteiger partial charge in [0, 0.05) is 28.9 Å². The van der Waals surface area contributed by atoms with Crippen molar-refractivity contribution >= 4 is 26.8 Å². The molecule has 0 radical (unpaired) electrons. The third-order valence-electron chi connectivity index (χ3n) is 5.05. The van der Waals surface area contributed by atoms with Crippen molar-refractivity contribution in [1.29, 1.82) is 0 Å². The van der Waals surface area contributed by atoms with Gasteiger partial charge in [-0.15, -0.1) is 0 Å². The van der Waals surface area contributed by atoms with Crippen molar-refractivity contribution in [3.8, 4) is 5.75 Å². The summed E-state index contributed by atoms with van der Waals surface area (Å²) in [6, 6.07) is 9.42. The summed E-state index contributed by atoms with van der Waals surface area (Å²) < 4.78 is 34.3. The van der Waals surface area contributed by atoms with E-state index in [1.165, 1.54) is 0 Å². The fourth-order valence-corrected chi connectivity index (χ4v) is 4.35. The van der Waals surface area contributed by atoms with Crippen LogP contribution in [0, 0.1) is 0 Å². The van der Waals surface area contributed by atoms with E-state index in [0.717, 1.165) is 39.0 Å². The van der Waals surface area contributed by atoms with E-state index in [1.807, 2.05) is 41.4 Å². The number of alkyl halides is 2. The molecule has 1 unspecified atom stereocenters. The van der Waals surface area contributed by atoms with E-state index in [4.69, 9.17) is 4.74 Å². The fraction of sp³-hybridized carbons (Fsp3) is 0.350. The van der Waals surface area contributed by atoms with Crippen LogP contribution in [0.3, 0.4) is 0 Å². The zero-order valence-corrected chi connectivity index (χ0v) is 16.7. The maximum Gasteiger partial charge on any atom is 0.257 e. The number of aromatic amines is 1. The molecule has 1 aliphatic rings. The van der Waals surface area contributed by atoms with Crippen LogP contribution in [0.1, 0.15) is 29.7 Å². The van der Waals surface area contributed by atoms with E-state index in [9.17, 15) is 8.78 Å². The molecule has 1 atom stereocenters. The minimum absolute atomic E-state index is 0.304. The first-order valence-corrected chi connectivity index (χ1v) is 9.57. The molecule has 1 N–H and O–H groups in total. The molecular weight excluding hydrogens is 416 g/mol. The van der Waals surface area contributed by atoms with Crippen molar-refractivity contribution in [1.82, 2.24) is 15.1 Å². The average molecular weight is 436 g/mol. The summed E-state index contributed by atoms with van der Waals surface area (Å²) in [6.07, 6.45) is 2.52. The summed E-state index contributed by atoms with van der Waals surface area (Å²) in [5.74, 6) is -2.10. The predicted octanol–water partition coefficient (Wildman–Crippen LogP) is 4.94. The van der Waals surface area contributed by atoms with Crippen LogP contribution in [-0.2, 0) is 6.42 Å². The van der Waals surface area contributed by atoms with Gasteiger partial charge in [-0.1, -0.05) is 28.1 Å². The van der Waals surface area contributed by atoms with Gasteiger partial charge in [-0.25, -0.2) is 8.78 Å². The molecule has 2 heterocycles. The lowest BCUT2D eigenvalue weighted by Gasteiger charge is -2.39. The second-order valence-electron chi connectivity index (χ2n) is 7.04. The molecule has 0 saturated heterocycles. The lowest BCUT2D eigenvalue weighted by atomic mass is 9.86.